The fraction of sp³-hybridized carbons (Fsp3) is 0.259. The van der Waals surface area contributed by atoms with Crippen LogP contribution < -0.4 is 10.1 Å². The van der Waals surface area contributed by atoms with Gasteiger partial charge in [-0.25, -0.2) is 4.79 Å². The molecule has 4 rings (SSSR count). The van der Waals surface area contributed by atoms with E-state index < -0.39 is 0 Å². The Morgan fingerprint density at radius 3 is 2.53 bits per heavy atom. The first-order valence-corrected chi connectivity index (χ1v) is 10.9. The number of anilines is 1. The molecule has 32 heavy (non-hydrogen) atoms. The summed E-state index contributed by atoms with van der Waals surface area (Å²) in [4.78, 5) is 25.0. The van der Waals surface area contributed by atoms with E-state index in [-0.39, 0.29) is 23.9 Å². The molecule has 164 valence electrons. The topological polar surface area (TPSA) is 64.6 Å². The Labute approximate surface area is 188 Å². The molecule has 1 fully saturated rings. The molecule has 2 aromatic rings. The van der Waals surface area contributed by atoms with Crippen LogP contribution in [-0.4, -0.2) is 18.0 Å². The Kier molecular flexibility index (Phi) is 6.55. The molecule has 2 aliphatic rings. The SMILES string of the molecule is C=C1C(=O)O[C@@H]2/C=C(\C)CC/C=C(\C(=O)Nc3ccc(Oc4ccccc4)cc3)CC[C@H]12. The van der Waals surface area contributed by atoms with Crippen molar-refractivity contribution in [3.63, 3.8) is 0 Å². The molecule has 1 heterocycles. The molecule has 2 aromatic carbocycles. The molecule has 1 amide bonds. The van der Waals surface area contributed by atoms with Gasteiger partial charge in [-0.1, -0.05) is 36.4 Å². The summed E-state index contributed by atoms with van der Waals surface area (Å²) in [7, 11) is 0. The van der Waals surface area contributed by atoms with E-state index in [1.807, 2.05) is 73.7 Å². The summed E-state index contributed by atoms with van der Waals surface area (Å²) in [5, 5.41) is 2.98. The third-order valence-corrected chi connectivity index (χ3v) is 5.84. The van der Waals surface area contributed by atoms with Crippen LogP contribution in [0.5, 0.6) is 11.5 Å². The highest BCUT2D eigenvalue weighted by Gasteiger charge is 2.37. The number of nitrogens with one attached hydrogen (secondary N) is 1. The van der Waals surface area contributed by atoms with Crippen LogP contribution in [0.3, 0.4) is 0 Å². The Hall–Kier alpha value is -3.60. The van der Waals surface area contributed by atoms with Crippen LogP contribution in [0.15, 0.2) is 90.0 Å². The second-order valence-electron chi connectivity index (χ2n) is 8.22. The van der Waals surface area contributed by atoms with E-state index in [1.165, 1.54) is 0 Å². The second-order valence-corrected chi connectivity index (χ2v) is 8.22. The van der Waals surface area contributed by atoms with Crippen molar-refractivity contribution in [1.29, 1.82) is 0 Å². The van der Waals surface area contributed by atoms with Gasteiger partial charge in [-0.15, -0.1) is 0 Å². The molecule has 0 aromatic heterocycles. The lowest BCUT2D eigenvalue weighted by molar-refractivity contribution is -0.137. The Bertz CT molecular complexity index is 1070. The number of fused-ring (bicyclic) bond motifs is 1. The fourth-order valence-electron chi connectivity index (χ4n) is 4.02. The summed E-state index contributed by atoms with van der Waals surface area (Å²) in [6.07, 6.45) is 6.53. The van der Waals surface area contributed by atoms with Crippen LogP contribution >= 0.6 is 0 Å². The molecule has 1 aliphatic heterocycles. The number of allylic oxidation sites excluding steroid dienone is 2. The molecule has 0 radical (unpaired) electrons. The minimum absolute atomic E-state index is 0.0961. The lowest BCUT2D eigenvalue weighted by Gasteiger charge is -2.18. The molecule has 0 unspecified atom stereocenters. The van der Waals surface area contributed by atoms with Gasteiger partial charge in [-0.2, -0.15) is 0 Å². The number of esters is 1. The second kappa shape index (κ2) is 9.69. The predicted octanol–water partition coefficient (Wildman–Crippen LogP) is 5.96. The minimum atomic E-state index is -0.337. The van der Waals surface area contributed by atoms with Crippen LogP contribution in [0.1, 0.15) is 32.6 Å². The summed E-state index contributed by atoms with van der Waals surface area (Å²) >= 11 is 0. The number of benzene rings is 2. The predicted molar refractivity (Wildman–Crippen MR) is 124 cm³/mol. The van der Waals surface area contributed by atoms with Gasteiger partial charge in [-0.3, -0.25) is 4.79 Å². The third-order valence-electron chi connectivity index (χ3n) is 5.84. The summed E-state index contributed by atoms with van der Waals surface area (Å²) in [6.45, 7) is 5.94. The van der Waals surface area contributed by atoms with Crippen LogP contribution in [0.2, 0.25) is 0 Å². The van der Waals surface area contributed by atoms with E-state index in [0.717, 1.165) is 29.7 Å². The van der Waals surface area contributed by atoms with E-state index in [9.17, 15) is 9.59 Å². The lowest BCUT2D eigenvalue weighted by Crippen LogP contribution is -2.19. The van der Waals surface area contributed by atoms with E-state index in [4.69, 9.17) is 9.47 Å². The van der Waals surface area contributed by atoms with E-state index >= 15 is 0 Å². The van der Waals surface area contributed by atoms with Gasteiger partial charge in [0, 0.05) is 22.8 Å². The number of para-hydroxylation sites is 1. The normalized spacial score (nSPS) is 24.3. The van der Waals surface area contributed by atoms with Crippen LogP contribution in [-0.2, 0) is 14.3 Å². The average molecular weight is 430 g/mol. The summed E-state index contributed by atoms with van der Waals surface area (Å²) < 4.78 is 11.3. The molecule has 0 saturated carbocycles. The first kappa shape index (κ1) is 21.6. The molecule has 0 spiro atoms. The smallest absolute Gasteiger partial charge is 0.334 e. The standard InChI is InChI=1S/C27H27NO4/c1-18-7-6-8-20(11-16-24-19(2)27(30)32-25(24)17-18)26(29)28-21-12-14-23(15-13-21)31-22-9-4-3-5-10-22/h3-5,8-10,12-15,17,24-25H,2,6-7,11,16H2,1H3,(H,28,29)/b18-17+,20-8-/t24-,25-/m1/s1. The Morgan fingerprint density at radius 1 is 1.06 bits per heavy atom. The Morgan fingerprint density at radius 2 is 1.78 bits per heavy atom. The van der Waals surface area contributed by atoms with Crippen LogP contribution in [0.4, 0.5) is 5.69 Å². The maximum atomic E-state index is 13.0. The molecule has 1 N–H and O–H groups in total. The van der Waals surface area contributed by atoms with Crippen molar-refractivity contribution in [3.05, 3.63) is 90.0 Å². The molecular weight excluding hydrogens is 402 g/mol. The van der Waals surface area contributed by atoms with Gasteiger partial charge in [0.1, 0.15) is 17.6 Å². The minimum Gasteiger partial charge on any atom is -0.457 e. The number of rotatable bonds is 4. The number of hydrogen-bond donors (Lipinski definition) is 1. The van der Waals surface area contributed by atoms with Crippen molar-refractivity contribution in [2.24, 2.45) is 5.92 Å². The van der Waals surface area contributed by atoms with Crippen LogP contribution in [0.25, 0.3) is 0 Å². The highest BCUT2D eigenvalue weighted by Crippen LogP contribution is 2.34. The summed E-state index contributed by atoms with van der Waals surface area (Å²) in [5.74, 6) is 0.896. The quantitative estimate of drug-likeness (QED) is 0.370. The highest BCUT2D eigenvalue weighted by molar-refractivity contribution is 6.03. The summed E-state index contributed by atoms with van der Waals surface area (Å²) in [5.41, 5.74) is 3.06. The number of hydrogen-bond acceptors (Lipinski definition) is 4. The molecule has 1 aliphatic carbocycles. The zero-order valence-electron chi connectivity index (χ0n) is 18.2. The molecule has 1 saturated heterocycles. The molecule has 5 nitrogen and oxygen atoms in total. The van der Waals surface area contributed by atoms with Gasteiger partial charge in [0.2, 0.25) is 0 Å². The fourth-order valence-corrected chi connectivity index (χ4v) is 4.02. The number of ether oxygens (including phenoxy) is 2. The highest BCUT2D eigenvalue weighted by atomic mass is 16.6. The van der Waals surface area contributed by atoms with Crippen molar-refractivity contribution in [3.8, 4) is 11.5 Å². The van der Waals surface area contributed by atoms with E-state index in [1.54, 1.807) is 0 Å². The van der Waals surface area contributed by atoms with Crippen molar-refractivity contribution >= 4 is 17.6 Å². The number of carbonyl (C=O) groups excluding carboxylic acids is 2. The zero-order chi connectivity index (χ0) is 22.5. The van der Waals surface area contributed by atoms with Gasteiger partial charge >= 0.3 is 5.97 Å². The number of amides is 1. The molecule has 5 heteroatoms. The summed E-state index contributed by atoms with van der Waals surface area (Å²) in [6, 6.07) is 16.9. The van der Waals surface area contributed by atoms with Gasteiger partial charge in [-0.05, 0) is 75.1 Å². The third kappa shape index (κ3) is 5.17. The zero-order valence-corrected chi connectivity index (χ0v) is 18.2. The van der Waals surface area contributed by atoms with E-state index in [0.29, 0.717) is 29.9 Å². The van der Waals surface area contributed by atoms with Crippen molar-refractivity contribution in [1.82, 2.24) is 0 Å². The monoisotopic (exact) mass is 429 g/mol. The lowest BCUT2D eigenvalue weighted by atomic mass is 9.87. The van der Waals surface area contributed by atoms with Crippen LogP contribution in [0, 0.1) is 5.92 Å². The largest absolute Gasteiger partial charge is 0.457 e. The Balaban J connectivity index is 1.42. The molecular formula is C27H27NO4. The van der Waals surface area contributed by atoms with Crippen molar-refractivity contribution in [2.45, 2.75) is 38.7 Å². The van der Waals surface area contributed by atoms with Gasteiger partial charge in [0.05, 0.1) is 0 Å². The van der Waals surface area contributed by atoms with Gasteiger partial charge in [0.15, 0.2) is 0 Å². The molecule has 0 bridgehead atoms. The first-order chi connectivity index (χ1) is 15.5. The van der Waals surface area contributed by atoms with Crippen molar-refractivity contribution < 1.29 is 19.1 Å². The van der Waals surface area contributed by atoms with Crippen molar-refractivity contribution in [2.75, 3.05) is 5.32 Å². The number of carbonyl (C=O) groups is 2. The average Bonchev–Trinajstić information content (AvgIpc) is 3.05. The van der Waals surface area contributed by atoms with Gasteiger partial charge < -0.3 is 14.8 Å². The molecule has 2 atom stereocenters. The first-order valence-electron chi connectivity index (χ1n) is 10.9. The van der Waals surface area contributed by atoms with Gasteiger partial charge in [0.25, 0.3) is 5.91 Å². The maximum Gasteiger partial charge on any atom is 0.334 e. The van der Waals surface area contributed by atoms with E-state index in [2.05, 4.69) is 11.9 Å². The maximum absolute atomic E-state index is 13.0.